The molecule has 4 heterocycles. The van der Waals surface area contributed by atoms with E-state index < -0.39 is 0 Å². The van der Waals surface area contributed by atoms with Crippen molar-refractivity contribution in [3.05, 3.63) is 18.1 Å². The van der Waals surface area contributed by atoms with Crippen molar-refractivity contribution >= 4 is 16.9 Å². The average Bonchev–Trinajstić information content (AvgIpc) is 3.18. The van der Waals surface area contributed by atoms with Crippen molar-refractivity contribution < 1.29 is 9.47 Å². The summed E-state index contributed by atoms with van der Waals surface area (Å²) >= 11 is 0. The molecule has 0 aromatic carbocycles. The second kappa shape index (κ2) is 6.09. The zero-order valence-corrected chi connectivity index (χ0v) is 13.6. The van der Waals surface area contributed by atoms with Gasteiger partial charge in [0.1, 0.15) is 17.8 Å². The maximum Gasteiger partial charge on any atom is 0.143 e. The van der Waals surface area contributed by atoms with E-state index in [9.17, 15) is 0 Å². The molecule has 2 unspecified atom stereocenters. The smallest absolute Gasteiger partial charge is 0.143 e. The molecule has 1 spiro atoms. The van der Waals surface area contributed by atoms with Gasteiger partial charge in [0.05, 0.1) is 23.7 Å². The van der Waals surface area contributed by atoms with Crippen LogP contribution in [0.1, 0.15) is 38.2 Å². The van der Waals surface area contributed by atoms with Gasteiger partial charge in [-0.3, -0.25) is 0 Å². The summed E-state index contributed by atoms with van der Waals surface area (Å²) in [5.41, 5.74) is 2.10. The molecule has 0 radical (unpaired) electrons. The number of nitrogens with one attached hydrogen (secondary N) is 2. The molecule has 2 aliphatic heterocycles. The largest absolute Gasteiger partial charge is 0.378 e. The van der Waals surface area contributed by atoms with Gasteiger partial charge in [-0.1, -0.05) is 6.92 Å². The van der Waals surface area contributed by atoms with Crippen LogP contribution in [0.15, 0.2) is 12.5 Å². The number of aromatic amines is 1. The minimum Gasteiger partial charge on any atom is -0.378 e. The van der Waals surface area contributed by atoms with Crippen molar-refractivity contribution in [1.29, 1.82) is 0 Å². The normalized spacial score (nSPS) is 27.8. The Balaban J connectivity index is 1.45. The van der Waals surface area contributed by atoms with E-state index in [4.69, 9.17) is 9.47 Å². The number of hydrogen-bond acceptors (Lipinski definition) is 5. The summed E-state index contributed by atoms with van der Waals surface area (Å²) in [6, 6.07) is 0. The molecule has 0 amide bonds. The second-order valence-electron chi connectivity index (χ2n) is 6.61. The maximum atomic E-state index is 6.32. The molecule has 2 fully saturated rings. The maximum absolute atomic E-state index is 6.32. The van der Waals surface area contributed by atoms with Gasteiger partial charge in [-0.25, -0.2) is 9.97 Å². The van der Waals surface area contributed by atoms with E-state index in [0.29, 0.717) is 0 Å². The van der Waals surface area contributed by atoms with Crippen LogP contribution < -0.4 is 5.32 Å². The summed E-state index contributed by atoms with van der Waals surface area (Å²) < 4.78 is 11.9. The van der Waals surface area contributed by atoms with Crippen molar-refractivity contribution in [1.82, 2.24) is 15.0 Å². The highest BCUT2D eigenvalue weighted by Gasteiger charge is 2.41. The van der Waals surface area contributed by atoms with Crippen LogP contribution in [0.5, 0.6) is 0 Å². The van der Waals surface area contributed by atoms with Crippen LogP contribution in [0.25, 0.3) is 11.0 Å². The number of aryl methyl sites for hydroxylation is 1. The first-order valence-electron chi connectivity index (χ1n) is 8.60. The number of anilines is 1. The van der Waals surface area contributed by atoms with Crippen LogP contribution in [0, 0.1) is 0 Å². The van der Waals surface area contributed by atoms with Crippen molar-refractivity contribution in [3.63, 3.8) is 0 Å². The molecule has 2 aromatic heterocycles. The van der Waals surface area contributed by atoms with Gasteiger partial charge < -0.3 is 19.8 Å². The van der Waals surface area contributed by atoms with Crippen molar-refractivity contribution in [3.8, 4) is 0 Å². The van der Waals surface area contributed by atoms with Gasteiger partial charge >= 0.3 is 0 Å². The quantitative estimate of drug-likeness (QED) is 0.907. The fourth-order valence-corrected chi connectivity index (χ4v) is 3.81. The van der Waals surface area contributed by atoms with E-state index in [1.165, 1.54) is 5.56 Å². The van der Waals surface area contributed by atoms with Crippen LogP contribution in [0.4, 0.5) is 5.82 Å². The summed E-state index contributed by atoms with van der Waals surface area (Å²) in [4.78, 5) is 11.9. The summed E-state index contributed by atoms with van der Waals surface area (Å²) in [6.45, 7) is 4.55. The molecule has 6 heteroatoms. The monoisotopic (exact) mass is 316 g/mol. The molecule has 2 N–H and O–H groups in total. The van der Waals surface area contributed by atoms with Gasteiger partial charge in [-0.15, -0.1) is 0 Å². The molecular formula is C17H24N4O2. The van der Waals surface area contributed by atoms with Gasteiger partial charge in [0, 0.05) is 19.3 Å². The Morgan fingerprint density at radius 2 is 2.35 bits per heavy atom. The molecule has 2 saturated heterocycles. The third kappa shape index (κ3) is 2.81. The Kier molecular flexibility index (Phi) is 3.95. The predicted octanol–water partition coefficient (Wildman–Crippen LogP) is 2.66. The van der Waals surface area contributed by atoms with Crippen molar-refractivity contribution in [2.24, 2.45) is 0 Å². The number of fused-ring (bicyclic) bond motifs is 1. The molecule has 2 aromatic rings. The number of ether oxygens (including phenoxy) is 2. The lowest BCUT2D eigenvalue weighted by Crippen LogP contribution is -2.39. The molecule has 0 aliphatic carbocycles. The minimum atomic E-state index is -0.0335. The molecule has 124 valence electrons. The van der Waals surface area contributed by atoms with Crippen LogP contribution in [-0.4, -0.2) is 46.4 Å². The van der Waals surface area contributed by atoms with Gasteiger partial charge in [0.15, 0.2) is 0 Å². The Labute approximate surface area is 136 Å². The van der Waals surface area contributed by atoms with E-state index in [-0.39, 0.29) is 11.7 Å². The van der Waals surface area contributed by atoms with Gasteiger partial charge in [-0.05, 0) is 37.7 Å². The minimum absolute atomic E-state index is 0.0335. The standard InChI is InChI=1S/C17H24N4O2/c1-2-12-8-18-15-14(12)16(21-11-20-15)19-9-13-4-6-17(23-13)5-3-7-22-10-17/h8,11,13H,2-7,9-10H2,1H3,(H2,18,19,20,21). The lowest BCUT2D eigenvalue weighted by molar-refractivity contribution is -0.118. The van der Waals surface area contributed by atoms with Gasteiger partial charge in [0.25, 0.3) is 0 Å². The molecule has 6 nitrogen and oxygen atoms in total. The third-order valence-electron chi connectivity index (χ3n) is 5.05. The van der Waals surface area contributed by atoms with E-state index in [0.717, 1.165) is 68.7 Å². The molecule has 2 atom stereocenters. The number of nitrogens with zero attached hydrogens (tertiary/aromatic N) is 2. The summed E-state index contributed by atoms with van der Waals surface area (Å²) in [5.74, 6) is 0.901. The molecule has 0 bridgehead atoms. The zero-order chi connectivity index (χ0) is 15.7. The lowest BCUT2D eigenvalue weighted by Gasteiger charge is -2.33. The molecule has 0 saturated carbocycles. The molecule has 4 rings (SSSR count). The second-order valence-corrected chi connectivity index (χ2v) is 6.61. The van der Waals surface area contributed by atoms with Gasteiger partial charge in [0.2, 0.25) is 0 Å². The molecule has 2 aliphatic rings. The van der Waals surface area contributed by atoms with Gasteiger partial charge in [-0.2, -0.15) is 0 Å². The SMILES string of the molecule is CCc1c[nH]c2ncnc(NCC3CCC4(CCCOC4)O3)c12. The van der Waals surface area contributed by atoms with E-state index >= 15 is 0 Å². The van der Waals surface area contributed by atoms with Crippen molar-refractivity contribution in [2.45, 2.75) is 50.7 Å². The first-order chi connectivity index (χ1) is 11.3. The lowest BCUT2D eigenvalue weighted by atomic mass is 9.93. The third-order valence-corrected chi connectivity index (χ3v) is 5.05. The Morgan fingerprint density at radius 1 is 1.39 bits per heavy atom. The topological polar surface area (TPSA) is 72.1 Å². The Hall–Kier alpha value is -1.66. The summed E-state index contributed by atoms with van der Waals surface area (Å²) in [6.07, 6.45) is 9.22. The first kappa shape index (κ1) is 14.9. The fraction of sp³-hybridized carbons (Fsp3) is 0.647. The van der Waals surface area contributed by atoms with Crippen molar-refractivity contribution in [2.75, 3.05) is 25.1 Å². The van der Waals surface area contributed by atoms with E-state index in [1.807, 2.05) is 6.20 Å². The molecular weight excluding hydrogens is 292 g/mol. The number of H-pyrrole nitrogens is 1. The van der Waals surface area contributed by atoms with Crippen LogP contribution in [-0.2, 0) is 15.9 Å². The summed E-state index contributed by atoms with van der Waals surface area (Å²) in [5, 5.41) is 4.58. The highest BCUT2D eigenvalue weighted by Crippen LogP contribution is 2.37. The fourth-order valence-electron chi connectivity index (χ4n) is 3.81. The first-order valence-corrected chi connectivity index (χ1v) is 8.60. The highest BCUT2D eigenvalue weighted by atomic mass is 16.6. The molecule has 23 heavy (non-hydrogen) atoms. The number of aromatic nitrogens is 3. The van der Waals surface area contributed by atoms with Crippen LogP contribution in [0.2, 0.25) is 0 Å². The Bertz CT molecular complexity index is 678. The summed E-state index contributed by atoms with van der Waals surface area (Å²) in [7, 11) is 0. The predicted molar refractivity (Wildman–Crippen MR) is 88.6 cm³/mol. The van der Waals surface area contributed by atoms with E-state index in [1.54, 1.807) is 6.33 Å². The number of hydrogen-bond donors (Lipinski definition) is 2. The Morgan fingerprint density at radius 3 is 3.17 bits per heavy atom. The van der Waals surface area contributed by atoms with Crippen LogP contribution in [0.3, 0.4) is 0 Å². The zero-order valence-electron chi connectivity index (χ0n) is 13.6. The number of rotatable bonds is 4. The van der Waals surface area contributed by atoms with Crippen LogP contribution >= 0.6 is 0 Å². The highest BCUT2D eigenvalue weighted by molar-refractivity contribution is 5.90. The van der Waals surface area contributed by atoms with E-state index in [2.05, 4.69) is 27.2 Å². The average molecular weight is 316 g/mol.